The molecule has 0 aliphatic rings. The molecule has 0 radical (unpaired) electrons. The molecule has 3 nitrogen and oxygen atoms in total. The van der Waals surface area contributed by atoms with E-state index in [1.807, 2.05) is 12.1 Å². The molecule has 1 aromatic heterocycles. The van der Waals surface area contributed by atoms with E-state index in [4.69, 9.17) is 10.5 Å². The minimum atomic E-state index is 0.242. The maximum atomic E-state index is 8.95. The van der Waals surface area contributed by atoms with Crippen molar-refractivity contribution >= 4 is 0 Å². The van der Waals surface area contributed by atoms with E-state index >= 15 is 0 Å². The summed E-state index contributed by atoms with van der Waals surface area (Å²) in [5.74, 6) is 0. The van der Waals surface area contributed by atoms with Gasteiger partial charge in [-0.15, -0.1) is 0 Å². The maximum absolute atomic E-state index is 8.95. The third kappa shape index (κ3) is 2.79. The second-order valence-electron chi connectivity index (χ2n) is 3.37. The van der Waals surface area contributed by atoms with Gasteiger partial charge in [0.05, 0.1) is 5.56 Å². The summed E-state index contributed by atoms with van der Waals surface area (Å²) in [4.78, 5) is 3.87. The topological polar surface area (TPSA) is 60.5 Å². The molecule has 1 rings (SSSR count). The largest absolute Gasteiger partial charge is 0.244 e. The molecule has 1 aromatic rings. The number of nitriles is 2. The van der Waals surface area contributed by atoms with Crippen molar-refractivity contribution in [3.63, 3.8) is 0 Å². The molecule has 0 bridgehead atoms. The highest BCUT2D eigenvalue weighted by Crippen LogP contribution is 2.13. The number of pyridine rings is 1. The second kappa shape index (κ2) is 5.78. The van der Waals surface area contributed by atoms with E-state index in [9.17, 15) is 0 Å². The molecule has 0 aliphatic heterocycles. The average molecular weight is 199 g/mol. The third-order valence-electron chi connectivity index (χ3n) is 2.30. The molecule has 0 fully saturated rings. The van der Waals surface area contributed by atoms with E-state index in [1.54, 1.807) is 6.20 Å². The van der Waals surface area contributed by atoms with Gasteiger partial charge in [-0.2, -0.15) is 10.5 Å². The number of nitrogens with zero attached hydrogens (tertiary/aromatic N) is 3. The lowest BCUT2D eigenvalue weighted by atomic mass is 10.0. The van der Waals surface area contributed by atoms with Crippen molar-refractivity contribution in [1.29, 1.82) is 10.5 Å². The zero-order chi connectivity index (χ0) is 11.1. The summed E-state index contributed by atoms with van der Waals surface area (Å²) in [6.07, 6.45) is 5.81. The molecule has 0 aliphatic carbocycles. The summed E-state index contributed by atoms with van der Waals surface area (Å²) in [6.45, 7) is 2.14. The molecule has 0 aromatic carbocycles. The van der Waals surface area contributed by atoms with E-state index in [0.717, 1.165) is 31.2 Å². The van der Waals surface area contributed by atoms with Crippen LogP contribution in [0, 0.1) is 22.7 Å². The smallest absolute Gasteiger partial charge is 0.158 e. The fraction of sp³-hybridized carbons (Fsp3) is 0.417. The molecule has 0 N–H and O–H groups in total. The van der Waals surface area contributed by atoms with Gasteiger partial charge in [0, 0.05) is 6.20 Å². The summed E-state index contributed by atoms with van der Waals surface area (Å²) in [5.41, 5.74) is 1.63. The molecule has 0 saturated carbocycles. The zero-order valence-corrected chi connectivity index (χ0v) is 8.82. The lowest BCUT2D eigenvalue weighted by Crippen LogP contribution is -1.96. The number of unbranched alkanes of at least 4 members (excludes halogenated alkanes) is 2. The van der Waals surface area contributed by atoms with Crippen LogP contribution in [0.3, 0.4) is 0 Å². The Kier molecular flexibility index (Phi) is 4.31. The van der Waals surface area contributed by atoms with Gasteiger partial charge in [0.1, 0.15) is 12.1 Å². The first kappa shape index (κ1) is 11.2. The van der Waals surface area contributed by atoms with Crippen molar-refractivity contribution in [1.82, 2.24) is 4.98 Å². The summed E-state index contributed by atoms with van der Waals surface area (Å²) < 4.78 is 0. The quantitative estimate of drug-likeness (QED) is 0.700. The molecule has 76 valence electrons. The minimum Gasteiger partial charge on any atom is -0.244 e. The molecule has 0 saturated heterocycles. The fourth-order valence-electron chi connectivity index (χ4n) is 1.49. The van der Waals surface area contributed by atoms with E-state index in [1.165, 1.54) is 0 Å². The monoisotopic (exact) mass is 199 g/mol. The standard InChI is InChI=1S/C12H13N3/c1-2-3-4-5-10-6-7-15-12(9-14)11(10)8-13/h6-7H,2-5H2,1H3. The highest BCUT2D eigenvalue weighted by Gasteiger charge is 2.07. The Morgan fingerprint density at radius 1 is 1.27 bits per heavy atom. The molecular formula is C12H13N3. The Morgan fingerprint density at radius 3 is 2.67 bits per heavy atom. The molecular weight excluding hydrogens is 186 g/mol. The van der Waals surface area contributed by atoms with E-state index in [-0.39, 0.29) is 5.69 Å². The van der Waals surface area contributed by atoms with E-state index in [0.29, 0.717) is 5.56 Å². The Bertz CT molecular complexity index is 410. The van der Waals surface area contributed by atoms with Crippen molar-refractivity contribution in [3.05, 3.63) is 29.1 Å². The first-order valence-electron chi connectivity index (χ1n) is 5.11. The third-order valence-corrected chi connectivity index (χ3v) is 2.30. The first-order chi connectivity index (χ1) is 7.33. The van der Waals surface area contributed by atoms with Gasteiger partial charge in [-0.05, 0) is 24.5 Å². The van der Waals surface area contributed by atoms with Crippen LogP contribution < -0.4 is 0 Å². The maximum Gasteiger partial charge on any atom is 0.158 e. The van der Waals surface area contributed by atoms with Crippen LogP contribution in [0.4, 0.5) is 0 Å². The molecule has 0 atom stereocenters. The zero-order valence-electron chi connectivity index (χ0n) is 8.82. The number of rotatable bonds is 4. The molecule has 0 spiro atoms. The van der Waals surface area contributed by atoms with Crippen molar-refractivity contribution in [2.75, 3.05) is 0 Å². The van der Waals surface area contributed by atoms with Crippen LogP contribution in [0.2, 0.25) is 0 Å². The SMILES string of the molecule is CCCCCc1ccnc(C#N)c1C#N. The van der Waals surface area contributed by atoms with Crippen LogP contribution in [0.25, 0.3) is 0 Å². The lowest BCUT2D eigenvalue weighted by Gasteiger charge is -2.03. The molecule has 0 amide bonds. The number of aromatic nitrogens is 1. The second-order valence-corrected chi connectivity index (χ2v) is 3.37. The van der Waals surface area contributed by atoms with E-state index < -0.39 is 0 Å². The van der Waals surface area contributed by atoms with Crippen LogP contribution in [0.5, 0.6) is 0 Å². The molecule has 15 heavy (non-hydrogen) atoms. The molecule has 1 heterocycles. The molecule has 3 heteroatoms. The highest BCUT2D eigenvalue weighted by molar-refractivity contribution is 5.46. The summed E-state index contributed by atoms with van der Waals surface area (Å²) in [6, 6.07) is 5.83. The van der Waals surface area contributed by atoms with Crippen molar-refractivity contribution in [2.45, 2.75) is 32.6 Å². The Hall–Kier alpha value is -1.87. The number of hydrogen-bond acceptors (Lipinski definition) is 3. The van der Waals surface area contributed by atoms with Crippen LogP contribution in [0.1, 0.15) is 43.0 Å². The summed E-state index contributed by atoms with van der Waals surface area (Å²) >= 11 is 0. The lowest BCUT2D eigenvalue weighted by molar-refractivity contribution is 0.716. The van der Waals surface area contributed by atoms with Crippen molar-refractivity contribution in [2.24, 2.45) is 0 Å². The van der Waals surface area contributed by atoms with Gasteiger partial charge in [-0.1, -0.05) is 19.8 Å². The van der Waals surface area contributed by atoms with Crippen LogP contribution in [-0.4, -0.2) is 4.98 Å². The van der Waals surface area contributed by atoms with Gasteiger partial charge in [0.15, 0.2) is 5.69 Å². The van der Waals surface area contributed by atoms with Gasteiger partial charge in [-0.25, -0.2) is 4.98 Å². The Morgan fingerprint density at radius 2 is 2.07 bits per heavy atom. The van der Waals surface area contributed by atoms with E-state index in [2.05, 4.69) is 18.0 Å². The van der Waals surface area contributed by atoms with Gasteiger partial charge < -0.3 is 0 Å². The predicted octanol–water partition coefficient (Wildman–Crippen LogP) is 2.56. The van der Waals surface area contributed by atoms with Crippen molar-refractivity contribution in [3.8, 4) is 12.1 Å². The first-order valence-corrected chi connectivity index (χ1v) is 5.11. The van der Waals surface area contributed by atoms with Gasteiger partial charge in [-0.3, -0.25) is 0 Å². The summed E-state index contributed by atoms with van der Waals surface area (Å²) in [7, 11) is 0. The summed E-state index contributed by atoms with van der Waals surface area (Å²) in [5, 5.41) is 17.7. The highest BCUT2D eigenvalue weighted by atomic mass is 14.7. The van der Waals surface area contributed by atoms with Gasteiger partial charge in [0.25, 0.3) is 0 Å². The average Bonchev–Trinajstić information content (AvgIpc) is 2.29. The number of aryl methyl sites for hydroxylation is 1. The molecule has 0 unspecified atom stereocenters. The fourth-order valence-corrected chi connectivity index (χ4v) is 1.49. The van der Waals surface area contributed by atoms with Gasteiger partial charge in [0.2, 0.25) is 0 Å². The van der Waals surface area contributed by atoms with Crippen LogP contribution >= 0.6 is 0 Å². The Balaban J connectivity index is 2.89. The van der Waals surface area contributed by atoms with Crippen LogP contribution in [-0.2, 0) is 6.42 Å². The van der Waals surface area contributed by atoms with Crippen LogP contribution in [0.15, 0.2) is 12.3 Å². The number of hydrogen-bond donors (Lipinski definition) is 0. The van der Waals surface area contributed by atoms with Crippen molar-refractivity contribution < 1.29 is 0 Å². The minimum absolute atomic E-state index is 0.242. The van der Waals surface area contributed by atoms with Gasteiger partial charge >= 0.3 is 0 Å². The predicted molar refractivity (Wildman–Crippen MR) is 56.9 cm³/mol. The normalized spacial score (nSPS) is 9.27. The Labute approximate surface area is 90.0 Å².